The monoisotopic (exact) mass is 200 g/mol. The Bertz CT molecular complexity index is 191. The van der Waals surface area contributed by atoms with Crippen molar-refractivity contribution >= 4 is 11.8 Å². The normalized spacial score (nSPS) is 10.0. The predicted octanol–water partition coefficient (Wildman–Crippen LogP) is 0.675. The van der Waals surface area contributed by atoms with Crippen molar-refractivity contribution in [1.82, 2.24) is 10.6 Å². The van der Waals surface area contributed by atoms with Gasteiger partial charge in [-0.1, -0.05) is 20.3 Å². The number of carbonyl (C=O) groups excluding carboxylic acids is 2. The smallest absolute Gasteiger partial charge is 0.239 e. The van der Waals surface area contributed by atoms with E-state index in [9.17, 15) is 9.59 Å². The number of amides is 2. The molecule has 0 spiro atoms. The van der Waals surface area contributed by atoms with Gasteiger partial charge in [0.1, 0.15) is 0 Å². The number of hydrogen-bond acceptors (Lipinski definition) is 2. The third-order valence-corrected chi connectivity index (χ3v) is 1.91. The van der Waals surface area contributed by atoms with Crippen molar-refractivity contribution in [2.45, 2.75) is 33.1 Å². The van der Waals surface area contributed by atoms with E-state index in [1.807, 2.05) is 0 Å². The molecule has 0 heterocycles. The molecule has 14 heavy (non-hydrogen) atoms. The standard InChI is InChI=1S/C10H20N2O2/c1-8(2)5-4-6-9(13)12-7-10(14)11-3/h8H,4-7H2,1-3H3,(H,11,14)(H,12,13). The maximum absolute atomic E-state index is 11.2. The van der Waals surface area contributed by atoms with E-state index in [0.29, 0.717) is 12.3 Å². The van der Waals surface area contributed by atoms with Crippen LogP contribution in [0.15, 0.2) is 0 Å². The third-order valence-electron chi connectivity index (χ3n) is 1.91. The summed E-state index contributed by atoms with van der Waals surface area (Å²) in [7, 11) is 1.55. The maximum Gasteiger partial charge on any atom is 0.239 e. The Kier molecular flexibility index (Phi) is 6.80. The second-order valence-corrected chi connectivity index (χ2v) is 3.74. The van der Waals surface area contributed by atoms with E-state index in [-0.39, 0.29) is 18.4 Å². The lowest BCUT2D eigenvalue weighted by atomic mass is 10.1. The van der Waals surface area contributed by atoms with Gasteiger partial charge in [0.05, 0.1) is 6.54 Å². The van der Waals surface area contributed by atoms with Crippen LogP contribution in [0.4, 0.5) is 0 Å². The summed E-state index contributed by atoms with van der Waals surface area (Å²) < 4.78 is 0. The summed E-state index contributed by atoms with van der Waals surface area (Å²) in [4.78, 5) is 21.9. The molecule has 0 aliphatic carbocycles. The van der Waals surface area contributed by atoms with Gasteiger partial charge in [-0.2, -0.15) is 0 Å². The van der Waals surface area contributed by atoms with Gasteiger partial charge in [-0.3, -0.25) is 9.59 Å². The molecule has 0 radical (unpaired) electrons. The van der Waals surface area contributed by atoms with Crippen molar-refractivity contribution in [3.8, 4) is 0 Å². The van der Waals surface area contributed by atoms with Crippen LogP contribution in [-0.4, -0.2) is 25.4 Å². The molecule has 0 unspecified atom stereocenters. The highest BCUT2D eigenvalue weighted by Crippen LogP contribution is 2.05. The summed E-state index contributed by atoms with van der Waals surface area (Å²) in [6.07, 6.45) is 2.44. The fraction of sp³-hybridized carbons (Fsp3) is 0.800. The van der Waals surface area contributed by atoms with E-state index in [1.165, 1.54) is 0 Å². The van der Waals surface area contributed by atoms with Gasteiger partial charge in [-0.25, -0.2) is 0 Å². The molecule has 0 bridgehead atoms. The molecule has 0 rings (SSSR count). The zero-order valence-corrected chi connectivity index (χ0v) is 9.22. The Hall–Kier alpha value is -1.06. The average Bonchev–Trinajstić information content (AvgIpc) is 2.13. The lowest BCUT2D eigenvalue weighted by molar-refractivity contribution is -0.125. The van der Waals surface area contributed by atoms with Crippen molar-refractivity contribution in [3.63, 3.8) is 0 Å². The van der Waals surface area contributed by atoms with Crippen molar-refractivity contribution in [1.29, 1.82) is 0 Å². The third kappa shape index (κ3) is 7.58. The minimum Gasteiger partial charge on any atom is -0.358 e. The number of nitrogens with one attached hydrogen (secondary N) is 2. The summed E-state index contributed by atoms with van der Waals surface area (Å²) in [6, 6.07) is 0. The Labute approximate surface area is 85.4 Å². The molecule has 2 N–H and O–H groups in total. The lowest BCUT2D eigenvalue weighted by Gasteiger charge is -2.05. The van der Waals surface area contributed by atoms with Crippen LogP contribution in [-0.2, 0) is 9.59 Å². The van der Waals surface area contributed by atoms with Crippen molar-refractivity contribution < 1.29 is 9.59 Å². The molecular formula is C10H20N2O2. The van der Waals surface area contributed by atoms with E-state index in [0.717, 1.165) is 12.8 Å². The first-order valence-corrected chi connectivity index (χ1v) is 5.03. The Balaban J connectivity index is 3.42. The van der Waals surface area contributed by atoms with Gasteiger partial charge in [0.2, 0.25) is 11.8 Å². The van der Waals surface area contributed by atoms with Gasteiger partial charge in [-0.15, -0.1) is 0 Å². The van der Waals surface area contributed by atoms with Gasteiger partial charge in [0, 0.05) is 13.5 Å². The van der Waals surface area contributed by atoms with E-state index >= 15 is 0 Å². The quantitative estimate of drug-likeness (QED) is 0.662. The van der Waals surface area contributed by atoms with Crippen molar-refractivity contribution in [3.05, 3.63) is 0 Å². The Morgan fingerprint density at radius 3 is 2.36 bits per heavy atom. The second kappa shape index (κ2) is 7.35. The van der Waals surface area contributed by atoms with E-state index < -0.39 is 0 Å². The summed E-state index contributed by atoms with van der Waals surface area (Å²) in [6.45, 7) is 4.34. The summed E-state index contributed by atoms with van der Waals surface area (Å²) in [5.74, 6) is 0.415. The number of hydrogen-bond donors (Lipinski definition) is 2. The average molecular weight is 200 g/mol. The Morgan fingerprint density at radius 2 is 1.86 bits per heavy atom. The number of carbonyl (C=O) groups is 2. The zero-order chi connectivity index (χ0) is 11.0. The molecule has 0 fully saturated rings. The molecule has 0 aliphatic heterocycles. The van der Waals surface area contributed by atoms with Crippen LogP contribution in [0.2, 0.25) is 0 Å². The summed E-state index contributed by atoms with van der Waals surface area (Å²) in [5.41, 5.74) is 0. The van der Waals surface area contributed by atoms with Crippen molar-refractivity contribution in [2.24, 2.45) is 5.92 Å². The largest absolute Gasteiger partial charge is 0.358 e. The molecule has 82 valence electrons. The van der Waals surface area contributed by atoms with Gasteiger partial charge in [0.25, 0.3) is 0 Å². The van der Waals surface area contributed by atoms with Crippen LogP contribution in [0.5, 0.6) is 0 Å². The maximum atomic E-state index is 11.2. The van der Waals surface area contributed by atoms with E-state index in [1.54, 1.807) is 7.05 Å². The van der Waals surface area contributed by atoms with Crippen LogP contribution in [0.3, 0.4) is 0 Å². The first-order valence-electron chi connectivity index (χ1n) is 5.03. The van der Waals surface area contributed by atoms with Gasteiger partial charge in [0.15, 0.2) is 0 Å². The zero-order valence-electron chi connectivity index (χ0n) is 9.22. The van der Waals surface area contributed by atoms with Gasteiger partial charge in [-0.05, 0) is 12.3 Å². The number of rotatable bonds is 6. The summed E-state index contributed by atoms with van der Waals surface area (Å²) >= 11 is 0. The SMILES string of the molecule is CNC(=O)CNC(=O)CCCC(C)C. The predicted molar refractivity (Wildman–Crippen MR) is 55.8 cm³/mol. The second-order valence-electron chi connectivity index (χ2n) is 3.74. The molecule has 4 heteroatoms. The van der Waals surface area contributed by atoms with E-state index in [4.69, 9.17) is 0 Å². The molecule has 2 amide bonds. The Morgan fingerprint density at radius 1 is 1.21 bits per heavy atom. The molecule has 0 aromatic rings. The van der Waals surface area contributed by atoms with Crippen LogP contribution in [0, 0.1) is 5.92 Å². The van der Waals surface area contributed by atoms with Crippen LogP contribution < -0.4 is 10.6 Å². The molecule has 0 atom stereocenters. The molecule has 0 saturated heterocycles. The highest BCUT2D eigenvalue weighted by Gasteiger charge is 2.04. The highest BCUT2D eigenvalue weighted by molar-refractivity contribution is 5.84. The van der Waals surface area contributed by atoms with Crippen molar-refractivity contribution in [2.75, 3.05) is 13.6 Å². The lowest BCUT2D eigenvalue weighted by Crippen LogP contribution is -2.35. The topological polar surface area (TPSA) is 58.2 Å². The highest BCUT2D eigenvalue weighted by atomic mass is 16.2. The summed E-state index contributed by atoms with van der Waals surface area (Å²) in [5, 5.41) is 5.00. The fourth-order valence-electron chi connectivity index (χ4n) is 1.03. The van der Waals surface area contributed by atoms with Gasteiger partial charge < -0.3 is 10.6 Å². The van der Waals surface area contributed by atoms with Crippen LogP contribution in [0.1, 0.15) is 33.1 Å². The molecule has 0 aromatic heterocycles. The molecule has 0 aliphatic rings. The van der Waals surface area contributed by atoms with E-state index in [2.05, 4.69) is 24.5 Å². The molecule has 0 saturated carbocycles. The molecular weight excluding hydrogens is 180 g/mol. The first-order chi connectivity index (χ1) is 6.56. The molecule has 0 aromatic carbocycles. The fourth-order valence-corrected chi connectivity index (χ4v) is 1.03. The number of likely N-dealkylation sites (N-methyl/N-ethyl adjacent to an activating group) is 1. The van der Waals surface area contributed by atoms with Crippen LogP contribution in [0.25, 0.3) is 0 Å². The first kappa shape index (κ1) is 12.9. The minimum atomic E-state index is -0.165. The van der Waals surface area contributed by atoms with Gasteiger partial charge >= 0.3 is 0 Å². The minimum absolute atomic E-state index is 0.0470. The van der Waals surface area contributed by atoms with Crippen LogP contribution >= 0.6 is 0 Å². The molecule has 4 nitrogen and oxygen atoms in total.